The molecule has 88 valence electrons. The minimum Gasteiger partial charge on any atom is -0.487 e. The van der Waals surface area contributed by atoms with Gasteiger partial charge in [0.15, 0.2) is 0 Å². The van der Waals surface area contributed by atoms with Crippen LogP contribution in [0.5, 0.6) is 5.75 Å². The number of benzene rings is 1. The van der Waals surface area contributed by atoms with Crippen molar-refractivity contribution in [3.8, 4) is 5.75 Å². The molecule has 0 aliphatic rings. The van der Waals surface area contributed by atoms with Crippen LogP contribution in [0.15, 0.2) is 18.2 Å². The molecule has 0 saturated heterocycles. The molecule has 1 aromatic carbocycles. The van der Waals surface area contributed by atoms with Gasteiger partial charge < -0.3 is 15.2 Å². The summed E-state index contributed by atoms with van der Waals surface area (Å²) < 4.78 is 10.5. The predicted molar refractivity (Wildman–Crippen MR) is 64.4 cm³/mol. The maximum Gasteiger partial charge on any atom is 0.138 e. The van der Waals surface area contributed by atoms with E-state index in [1.807, 2.05) is 6.92 Å². The molecule has 1 unspecified atom stereocenters. The van der Waals surface area contributed by atoms with Crippen LogP contribution in [-0.4, -0.2) is 25.7 Å². The summed E-state index contributed by atoms with van der Waals surface area (Å²) in [6, 6.07) is 5.01. The van der Waals surface area contributed by atoms with Gasteiger partial charge in [0.1, 0.15) is 17.7 Å². The third kappa shape index (κ3) is 3.40. The molecule has 3 N–H and O–H groups in total. The van der Waals surface area contributed by atoms with E-state index in [9.17, 15) is 0 Å². The van der Waals surface area contributed by atoms with E-state index in [0.29, 0.717) is 22.9 Å². The molecule has 0 saturated carbocycles. The fourth-order valence-electron chi connectivity index (χ4n) is 1.25. The number of hydrogen-bond acceptors (Lipinski definition) is 3. The number of halogens is 1. The summed E-state index contributed by atoms with van der Waals surface area (Å²) in [5.41, 5.74) is 5.93. The monoisotopic (exact) mass is 242 g/mol. The van der Waals surface area contributed by atoms with Gasteiger partial charge in [0.05, 0.1) is 11.6 Å². The molecular formula is C11H15ClN2O2. The quantitative estimate of drug-likeness (QED) is 0.613. The van der Waals surface area contributed by atoms with Crippen LogP contribution < -0.4 is 10.5 Å². The van der Waals surface area contributed by atoms with E-state index in [0.717, 1.165) is 0 Å². The molecule has 1 atom stereocenters. The average Bonchev–Trinajstić information content (AvgIpc) is 2.21. The highest BCUT2D eigenvalue weighted by Gasteiger charge is 2.08. The molecule has 0 aromatic heterocycles. The standard InChI is InChI=1S/C11H15ClN2O2/c1-7(6-15-2)16-10-4-3-8(11(13)14)5-9(10)12/h3-5,7H,6H2,1-2H3,(H3,13,14). The van der Waals surface area contributed by atoms with Crippen molar-refractivity contribution in [2.45, 2.75) is 13.0 Å². The first kappa shape index (κ1) is 12.8. The Kier molecular flexibility index (Phi) is 4.58. The van der Waals surface area contributed by atoms with Crippen LogP contribution in [0.2, 0.25) is 5.02 Å². The highest BCUT2D eigenvalue weighted by molar-refractivity contribution is 6.32. The smallest absolute Gasteiger partial charge is 0.138 e. The second kappa shape index (κ2) is 5.72. The fourth-order valence-corrected chi connectivity index (χ4v) is 1.47. The molecule has 16 heavy (non-hydrogen) atoms. The van der Waals surface area contributed by atoms with E-state index in [4.69, 9.17) is 32.2 Å². The minimum atomic E-state index is -0.0781. The summed E-state index contributed by atoms with van der Waals surface area (Å²) in [6.45, 7) is 2.38. The second-order valence-corrected chi connectivity index (χ2v) is 3.85. The highest BCUT2D eigenvalue weighted by atomic mass is 35.5. The van der Waals surface area contributed by atoms with E-state index in [1.54, 1.807) is 25.3 Å². The Labute approximate surface area is 99.8 Å². The third-order valence-electron chi connectivity index (χ3n) is 1.97. The Bertz CT molecular complexity index is 382. The third-order valence-corrected chi connectivity index (χ3v) is 2.27. The van der Waals surface area contributed by atoms with Crippen LogP contribution in [0, 0.1) is 5.41 Å². The molecule has 0 aliphatic carbocycles. The molecule has 0 heterocycles. The summed E-state index contributed by atoms with van der Waals surface area (Å²) in [4.78, 5) is 0. The molecule has 0 amide bonds. The van der Waals surface area contributed by atoms with Crippen LogP contribution >= 0.6 is 11.6 Å². The van der Waals surface area contributed by atoms with Gasteiger partial charge in [-0.15, -0.1) is 0 Å². The predicted octanol–water partition coefficient (Wildman–Crippen LogP) is 2.04. The van der Waals surface area contributed by atoms with Gasteiger partial charge in [-0.2, -0.15) is 0 Å². The zero-order chi connectivity index (χ0) is 12.1. The summed E-state index contributed by atoms with van der Waals surface area (Å²) >= 11 is 6.00. The molecular weight excluding hydrogens is 228 g/mol. The van der Waals surface area contributed by atoms with Crippen LogP contribution in [0.4, 0.5) is 0 Å². The lowest BCUT2D eigenvalue weighted by atomic mass is 10.2. The Morgan fingerprint density at radius 2 is 2.25 bits per heavy atom. The Hall–Kier alpha value is -1.26. The van der Waals surface area contributed by atoms with Gasteiger partial charge in [-0.3, -0.25) is 5.41 Å². The number of nitrogen functional groups attached to an aromatic ring is 1. The fraction of sp³-hybridized carbons (Fsp3) is 0.364. The van der Waals surface area contributed by atoms with Crippen LogP contribution in [0.3, 0.4) is 0 Å². The van der Waals surface area contributed by atoms with E-state index < -0.39 is 0 Å². The van der Waals surface area contributed by atoms with Crippen molar-refractivity contribution in [2.75, 3.05) is 13.7 Å². The number of nitrogens with two attached hydrogens (primary N) is 1. The van der Waals surface area contributed by atoms with E-state index in [1.165, 1.54) is 0 Å². The number of nitrogens with one attached hydrogen (secondary N) is 1. The van der Waals surface area contributed by atoms with Gasteiger partial charge >= 0.3 is 0 Å². The molecule has 1 aromatic rings. The zero-order valence-electron chi connectivity index (χ0n) is 9.29. The van der Waals surface area contributed by atoms with Crippen molar-refractivity contribution in [3.63, 3.8) is 0 Å². The number of methoxy groups -OCH3 is 1. The zero-order valence-corrected chi connectivity index (χ0v) is 10.0. The Morgan fingerprint density at radius 3 is 2.75 bits per heavy atom. The van der Waals surface area contributed by atoms with Gasteiger partial charge in [-0.05, 0) is 25.1 Å². The maximum absolute atomic E-state index is 7.27. The molecule has 1 rings (SSSR count). The molecule has 0 aliphatic heterocycles. The lowest BCUT2D eigenvalue weighted by Crippen LogP contribution is -2.18. The van der Waals surface area contributed by atoms with Crippen molar-refractivity contribution in [2.24, 2.45) is 5.73 Å². The number of hydrogen-bond donors (Lipinski definition) is 2. The Morgan fingerprint density at radius 1 is 1.56 bits per heavy atom. The van der Waals surface area contributed by atoms with Crippen molar-refractivity contribution >= 4 is 17.4 Å². The number of amidine groups is 1. The SMILES string of the molecule is COCC(C)Oc1ccc(C(=N)N)cc1Cl. The van der Waals surface area contributed by atoms with Gasteiger partial charge in [0, 0.05) is 12.7 Å². The van der Waals surface area contributed by atoms with Crippen LogP contribution in [-0.2, 0) is 4.74 Å². The highest BCUT2D eigenvalue weighted by Crippen LogP contribution is 2.26. The van der Waals surface area contributed by atoms with Crippen molar-refractivity contribution < 1.29 is 9.47 Å². The van der Waals surface area contributed by atoms with Crippen molar-refractivity contribution in [3.05, 3.63) is 28.8 Å². The molecule has 0 radical (unpaired) electrons. The van der Waals surface area contributed by atoms with E-state index >= 15 is 0 Å². The molecule has 0 fully saturated rings. The first-order chi connectivity index (χ1) is 7.54. The van der Waals surface area contributed by atoms with Crippen molar-refractivity contribution in [1.82, 2.24) is 0 Å². The molecule has 4 nitrogen and oxygen atoms in total. The summed E-state index contributed by atoms with van der Waals surface area (Å²) in [7, 11) is 1.61. The first-order valence-corrected chi connectivity index (χ1v) is 5.22. The minimum absolute atomic E-state index is 0.0154. The lowest BCUT2D eigenvalue weighted by molar-refractivity contribution is 0.0921. The van der Waals surface area contributed by atoms with E-state index in [2.05, 4.69) is 0 Å². The molecule has 5 heteroatoms. The van der Waals surface area contributed by atoms with Gasteiger partial charge in [0.2, 0.25) is 0 Å². The molecule has 0 spiro atoms. The summed E-state index contributed by atoms with van der Waals surface area (Å²) in [6.07, 6.45) is -0.0781. The topological polar surface area (TPSA) is 68.3 Å². The number of ether oxygens (including phenoxy) is 2. The normalized spacial score (nSPS) is 12.2. The van der Waals surface area contributed by atoms with Gasteiger partial charge in [-0.25, -0.2) is 0 Å². The summed E-state index contributed by atoms with van der Waals surface area (Å²) in [5, 5.41) is 7.71. The Balaban J connectivity index is 2.79. The van der Waals surface area contributed by atoms with Crippen LogP contribution in [0.25, 0.3) is 0 Å². The summed E-state index contributed by atoms with van der Waals surface area (Å²) in [5.74, 6) is 0.551. The van der Waals surface area contributed by atoms with Crippen LogP contribution in [0.1, 0.15) is 12.5 Å². The number of rotatable bonds is 5. The lowest BCUT2D eigenvalue weighted by Gasteiger charge is -2.15. The van der Waals surface area contributed by atoms with Gasteiger partial charge in [0.25, 0.3) is 0 Å². The first-order valence-electron chi connectivity index (χ1n) is 4.84. The largest absolute Gasteiger partial charge is 0.487 e. The molecule has 0 bridgehead atoms. The second-order valence-electron chi connectivity index (χ2n) is 3.44. The maximum atomic E-state index is 7.27. The average molecular weight is 243 g/mol. The van der Waals surface area contributed by atoms with Crippen molar-refractivity contribution in [1.29, 1.82) is 5.41 Å². The van der Waals surface area contributed by atoms with E-state index in [-0.39, 0.29) is 11.9 Å². The van der Waals surface area contributed by atoms with Gasteiger partial charge in [-0.1, -0.05) is 11.6 Å².